The average molecular weight is 1670 g/mol. The first-order valence-corrected chi connectivity index (χ1v) is 47.1. The fraction of sp³-hybridized carbons (Fsp3) is 0.203. The maximum absolute atomic E-state index is 6.88. The van der Waals surface area contributed by atoms with Crippen LogP contribution in [0.1, 0.15) is 144 Å². The van der Waals surface area contributed by atoms with Crippen molar-refractivity contribution in [3.63, 3.8) is 0 Å². The standard InChI is InChI=1S/C62H58N4S.C56H36N4O/c1-37-26-45(27-38(2)55(37)57-63-58(60-31-39-28-40(32-60)30-41(29-39)33-60)65-59(64-57)61-34-42-14-12-15-43(35-61)48(42)36-61)66-52-23-9-7-20-49(52)62(44-16-4-3-5-17-44,50-21-8-10-24-53(50)66)51-22-13-19-47-46-18-6-11-25-54(46)67-56(47)51;1-4-19-37(20-5-1)53-57-54(38-21-6-2-7-22-38)59-55(58-53)44-35-36-48(41-26-11-10-25-40(41)44)60-49-32-15-13-29-45(49)56(39-23-8-3-9-24-39,46-30-14-16-33-50(46)60)47-31-18-28-43-42-27-12-17-34-51(42)61-52(43)47/h3-11,13,16-27,39-43,48H,12,14-15,28-36H2,1-2H3;1-36H. The lowest BCUT2D eigenvalue weighted by Crippen LogP contribution is -2.49. The second-order valence-electron chi connectivity index (χ2n) is 38.2. The van der Waals surface area contributed by atoms with Crippen molar-refractivity contribution in [2.24, 2.45) is 35.5 Å². The highest BCUT2D eigenvalue weighted by atomic mass is 32.1. The molecule has 2 unspecified atom stereocenters. The lowest BCUT2D eigenvalue weighted by Gasteiger charge is -2.56. The number of aryl methyl sites for hydroxylation is 2. The predicted octanol–water partition coefficient (Wildman–Crippen LogP) is 29.7. The van der Waals surface area contributed by atoms with Crippen LogP contribution in [0.25, 0.3) is 98.4 Å². The van der Waals surface area contributed by atoms with Gasteiger partial charge in [-0.2, -0.15) is 0 Å². The van der Waals surface area contributed by atoms with E-state index in [4.69, 9.17) is 34.3 Å². The maximum Gasteiger partial charge on any atom is 0.164 e. The van der Waals surface area contributed by atoms with Crippen molar-refractivity contribution in [3.05, 3.63) is 419 Å². The van der Waals surface area contributed by atoms with Gasteiger partial charge in [0.25, 0.3) is 0 Å². The second kappa shape index (κ2) is 29.4. The lowest BCUT2D eigenvalue weighted by atomic mass is 9.49. The van der Waals surface area contributed by atoms with Crippen molar-refractivity contribution in [2.75, 3.05) is 9.80 Å². The summed E-state index contributed by atoms with van der Waals surface area (Å²) in [6.07, 6.45) is 16.2. The molecule has 6 heterocycles. The summed E-state index contributed by atoms with van der Waals surface area (Å²) < 4.78 is 9.55. The molecule has 7 fully saturated rings. The quantitative estimate of drug-likeness (QED) is 0.118. The molecule has 10 heteroatoms. The van der Waals surface area contributed by atoms with Crippen LogP contribution >= 0.6 is 11.3 Å². The van der Waals surface area contributed by atoms with Crippen LogP contribution in [0.15, 0.2) is 356 Å². The summed E-state index contributed by atoms with van der Waals surface area (Å²) in [4.78, 5) is 37.5. The molecule has 15 aromatic carbocycles. The molecular formula is C118H94N8OS. The van der Waals surface area contributed by atoms with Gasteiger partial charge in [-0.25, -0.2) is 29.9 Å². The van der Waals surface area contributed by atoms with Gasteiger partial charge in [0.15, 0.2) is 23.3 Å². The third-order valence-corrected chi connectivity index (χ3v) is 32.4. The van der Waals surface area contributed by atoms with Crippen molar-refractivity contribution in [1.29, 1.82) is 0 Å². The molecule has 0 radical (unpaired) electrons. The average Bonchev–Trinajstić information content (AvgIpc) is 1.10. The fourth-order valence-electron chi connectivity index (χ4n) is 26.7. The van der Waals surface area contributed by atoms with E-state index in [-0.39, 0.29) is 10.8 Å². The first kappa shape index (κ1) is 75.5. The molecule has 128 heavy (non-hydrogen) atoms. The van der Waals surface area contributed by atoms with Crippen molar-refractivity contribution < 1.29 is 4.42 Å². The number of hydrogen-bond donors (Lipinski definition) is 0. The molecule has 0 spiro atoms. The van der Waals surface area contributed by atoms with E-state index in [0.29, 0.717) is 17.5 Å². The maximum atomic E-state index is 6.88. The lowest BCUT2D eigenvalue weighted by molar-refractivity contribution is -0.00971. The molecular weight excluding hydrogens is 1580 g/mol. The van der Waals surface area contributed by atoms with Gasteiger partial charge in [0.1, 0.15) is 22.8 Å². The highest BCUT2D eigenvalue weighted by Gasteiger charge is 2.60. The van der Waals surface area contributed by atoms with Gasteiger partial charge in [0.2, 0.25) is 0 Å². The van der Waals surface area contributed by atoms with E-state index in [1.165, 1.54) is 170 Å². The van der Waals surface area contributed by atoms with E-state index >= 15 is 0 Å². The Kier molecular flexibility index (Phi) is 17.3. The predicted molar refractivity (Wildman–Crippen MR) is 521 cm³/mol. The van der Waals surface area contributed by atoms with Crippen molar-refractivity contribution in [1.82, 2.24) is 29.9 Å². The minimum Gasteiger partial charge on any atom is -0.456 e. The Hall–Kier alpha value is -13.8. The topological polar surface area (TPSA) is 97.0 Å². The molecule has 9 aliphatic rings. The van der Waals surface area contributed by atoms with Crippen LogP contribution in [0.4, 0.5) is 34.1 Å². The number of furan rings is 1. The van der Waals surface area contributed by atoms with Crippen LogP contribution in [0.5, 0.6) is 0 Å². The number of aromatic nitrogens is 6. The number of thiophene rings is 1. The molecule has 618 valence electrons. The molecule has 0 amide bonds. The molecule has 2 atom stereocenters. The van der Waals surface area contributed by atoms with E-state index < -0.39 is 10.8 Å². The number of rotatable bonds is 12. The van der Waals surface area contributed by atoms with Crippen molar-refractivity contribution in [2.45, 2.75) is 113 Å². The molecule has 0 N–H and O–H groups in total. The molecule has 0 saturated heterocycles. The molecule has 9 nitrogen and oxygen atoms in total. The first-order chi connectivity index (χ1) is 63.1. The third kappa shape index (κ3) is 11.4. The van der Waals surface area contributed by atoms with E-state index in [1.54, 1.807) is 0 Å². The smallest absolute Gasteiger partial charge is 0.164 e. The molecule has 7 saturated carbocycles. The van der Waals surface area contributed by atoms with Crippen LogP contribution in [-0.4, -0.2) is 29.9 Å². The summed E-state index contributed by atoms with van der Waals surface area (Å²) in [5.41, 5.74) is 23.8. The Morgan fingerprint density at radius 3 is 1.33 bits per heavy atom. The van der Waals surface area contributed by atoms with Crippen LogP contribution in [-0.2, 0) is 21.7 Å². The third-order valence-electron chi connectivity index (χ3n) is 31.2. The Morgan fingerprint density at radius 2 is 0.766 bits per heavy atom. The van der Waals surface area contributed by atoms with E-state index in [1.807, 2.05) is 78.1 Å². The second-order valence-corrected chi connectivity index (χ2v) is 39.3. The van der Waals surface area contributed by atoms with E-state index in [2.05, 4.69) is 309 Å². The molecule has 19 aromatic rings. The summed E-state index contributed by atoms with van der Waals surface area (Å²) in [5, 5.41) is 6.99. The van der Waals surface area contributed by atoms with Crippen LogP contribution in [0, 0.1) is 49.4 Å². The molecule has 4 aromatic heterocycles. The minimum atomic E-state index is -0.722. The van der Waals surface area contributed by atoms with Gasteiger partial charge in [-0.1, -0.05) is 310 Å². The molecule has 7 aliphatic carbocycles. The van der Waals surface area contributed by atoms with Crippen LogP contribution in [0.2, 0.25) is 0 Å². The highest BCUT2D eigenvalue weighted by Crippen LogP contribution is 2.67. The van der Waals surface area contributed by atoms with Crippen molar-refractivity contribution in [3.8, 4) is 45.6 Å². The summed E-state index contributed by atoms with van der Waals surface area (Å²) in [6.45, 7) is 4.64. The van der Waals surface area contributed by atoms with Gasteiger partial charge < -0.3 is 14.2 Å². The van der Waals surface area contributed by atoms with Gasteiger partial charge in [0.05, 0.1) is 39.3 Å². The molecule has 28 rings (SSSR count). The molecule has 2 aliphatic heterocycles. The number of anilines is 6. The van der Waals surface area contributed by atoms with Gasteiger partial charge in [-0.05, 0) is 223 Å². The number of fused-ring (bicyclic) bond motifs is 12. The summed E-state index contributed by atoms with van der Waals surface area (Å²) >= 11 is 1.93. The van der Waals surface area contributed by atoms with E-state index in [0.717, 1.165) is 125 Å². The van der Waals surface area contributed by atoms with Gasteiger partial charge in [-0.3, -0.25) is 0 Å². The Bertz CT molecular complexity index is 7440. The van der Waals surface area contributed by atoms with Gasteiger partial charge >= 0.3 is 0 Å². The first-order valence-electron chi connectivity index (χ1n) is 46.3. The summed E-state index contributed by atoms with van der Waals surface area (Å²) in [6, 6.07) is 127. The zero-order valence-corrected chi connectivity index (χ0v) is 72.6. The number of nitrogens with zero attached hydrogens (tertiary/aromatic N) is 8. The molecule has 6 bridgehead atoms. The van der Waals surface area contributed by atoms with Gasteiger partial charge in [-0.15, -0.1) is 11.3 Å². The number of benzene rings is 15. The SMILES string of the molecule is Cc1cc(N2c3ccccc3C(c3ccccc3)(c3cccc4c3sc3ccccc34)c3ccccc32)cc(C)c1-c1nc(C23CC4CC(CC(C4)C2)C3)nc(C23CC4CCCC(C2)C4C3)n1.c1ccc(-c2nc(-c3ccccc3)nc(-c3ccc(N4c5ccccc5C(c5ccccc5)(c5cccc6c5oc5ccccc56)c5ccccc54)c4ccccc34)n2)cc1. The monoisotopic (exact) mass is 1670 g/mol. The summed E-state index contributed by atoms with van der Waals surface area (Å²) in [7, 11) is 0. The zero-order valence-electron chi connectivity index (χ0n) is 71.8. The number of hydrogen-bond acceptors (Lipinski definition) is 10. The van der Waals surface area contributed by atoms with Gasteiger partial charge in [0, 0.05) is 80.7 Å². The van der Waals surface area contributed by atoms with Crippen LogP contribution in [0.3, 0.4) is 0 Å². The Labute approximate surface area is 750 Å². The van der Waals surface area contributed by atoms with Crippen molar-refractivity contribution >= 4 is 98.3 Å². The van der Waals surface area contributed by atoms with Crippen LogP contribution < -0.4 is 9.80 Å². The summed E-state index contributed by atoms with van der Waals surface area (Å²) in [5.74, 6) is 10.2. The highest BCUT2D eigenvalue weighted by molar-refractivity contribution is 7.26. The zero-order chi connectivity index (χ0) is 84.6. The Morgan fingerprint density at radius 1 is 0.328 bits per heavy atom. The number of para-hydroxylation sites is 6. The minimum absolute atomic E-state index is 0.110. The Balaban J connectivity index is 0.000000136. The normalized spacial score (nSPS) is 21.6. The largest absolute Gasteiger partial charge is 0.456 e. The fourth-order valence-corrected chi connectivity index (χ4v) is 27.9. The van der Waals surface area contributed by atoms with E-state index in [9.17, 15) is 0 Å².